The first-order valence-electron chi connectivity index (χ1n) is 3.43. The number of hydrogen-bond donors (Lipinski definition) is 0. The maximum absolute atomic E-state index is 12.8. The molecule has 0 spiro atoms. The summed E-state index contributed by atoms with van der Waals surface area (Å²) in [4.78, 5) is 0. The summed E-state index contributed by atoms with van der Waals surface area (Å²) in [5, 5.41) is 0. The fourth-order valence-electron chi connectivity index (χ4n) is 0.894. The molecule has 0 aliphatic rings. The Morgan fingerprint density at radius 3 is 2.33 bits per heavy atom. The van der Waals surface area contributed by atoms with Crippen molar-refractivity contribution in [1.82, 2.24) is 0 Å². The number of halogens is 3. The molecule has 1 aromatic rings. The van der Waals surface area contributed by atoms with Gasteiger partial charge in [-0.25, -0.2) is 13.2 Å². The largest absolute Gasteiger partial charge is 0.204 e. The standard InChI is InChI=1S/C8H6F3Si/c9-6-2-1-5(3-4-12)7(10)8(6)11/h1-2H,3-4H2. The second-order valence-electron chi connectivity index (χ2n) is 2.33. The van der Waals surface area contributed by atoms with Crippen LogP contribution in [0.15, 0.2) is 12.1 Å². The van der Waals surface area contributed by atoms with Crippen molar-refractivity contribution in [2.24, 2.45) is 0 Å². The summed E-state index contributed by atoms with van der Waals surface area (Å²) in [7, 11) is 3.13. The SMILES string of the molecule is Fc1ccc(CC[Si])c(F)c1F. The molecular weight excluding hydrogens is 181 g/mol. The van der Waals surface area contributed by atoms with E-state index in [1.54, 1.807) is 0 Å². The van der Waals surface area contributed by atoms with Crippen LogP contribution in [0, 0.1) is 17.5 Å². The molecule has 0 bridgehead atoms. The zero-order valence-electron chi connectivity index (χ0n) is 6.20. The minimum atomic E-state index is -1.40. The van der Waals surface area contributed by atoms with E-state index in [0.717, 1.165) is 6.07 Å². The lowest BCUT2D eigenvalue weighted by molar-refractivity contribution is 0.441. The normalized spacial score (nSPS) is 10.3. The minimum absolute atomic E-state index is 0.184. The van der Waals surface area contributed by atoms with Crippen molar-refractivity contribution >= 4 is 10.2 Å². The molecule has 1 aromatic carbocycles. The van der Waals surface area contributed by atoms with Crippen LogP contribution in [0.3, 0.4) is 0 Å². The van der Waals surface area contributed by atoms with Gasteiger partial charge in [0.1, 0.15) is 0 Å². The smallest absolute Gasteiger partial charge is 0.194 e. The van der Waals surface area contributed by atoms with Gasteiger partial charge >= 0.3 is 0 Å². The highest BCUT2D eigenvalue weighted by Gasteiger charge is 2.11. The van der Waals surface area contributed by atoms with Crippen molar-refractivity contribution in [3.05, 3.63) is 35.1 Å². The monoisotopic (exact) mass is 187 g/mol. The molecule has 0 aliphatic heterocycles. The maximum Gasteiger partial charge on any atom is 0.194 e. The molecule has 1 rings (SSSR count). The van der Waals surface area contributed by atoms with Gasteiger partial charge in [-0.2, -0.15) is 0 Å². The van der Waals surface area contributed by atoms with E-state index in [1.807, 2.05) is 0 Å². The molecule has 3 radical (unpaired) electrons. The minimum Gasteiger partial charge on any atom is -0.204 e. The Balaban J connectivity index is 3.08. The summed E-state index contributed by atoms with van der Waals surface area (Å²) >= 11 is 0. The molecule has 12 heavy (non-hydrogen) atoms. The van der Waals surface area contributed by atoms with E-state index in [1.165, 1.54) is 6.07 Å². The highest BCUT2D eigenvalue weighted by molar-refractivity contribution is 6.08. The third-order valence-electron chi connectivity index (χ3n) is 1.51. The molecule has 0 atom stereocenters. The van der Waals surface area contributed by atoms with Crippen molar-refractivity contribution < 1.29 is 13.2 Å². The predicted octanol–water partition coefficient (Wildman–Crippen LogP) is 2.23. The van der Waals surface area contributed by atoms with Crippen LogP contribution < -0.4 is 0 Å². The summed E-state index contributed by atoms with van der Waals surface area (Å²) in [6, 6.07) is 2.69. The summed E-state index contributed by atoms with van der Waals surface area (Å²) in [6.07, 6.45) is 0.347. The second-order valence-corrected chi connectivity index (χ2v) is 2.83. The highest BCUT2D eigenvalue weighted by atomic mass is 28.1. The first-order valence-corrected chi connectivity index (χ1v) is 4.14. The molecule has 0 saturated heterocycles. The lowest BCUT2D eigenvalue weighted by Gasteiger charge is -2.01. The predicted molar refractivity (Wildman–Crippen MR) is 40.6 cm³/mol. The lowest BCUT2D eigenvalue weighted by Crippen LogP contribution is -1.97. The summed E-state index contributed by atoms with van der Waals surface area (Å²) in [6.45, 7) is 0. The van der Waals surface area contributed by atoms with Crippen LogP contribution in [0.1, 0.15) is 5.56 Å². The molecule has 0 aliphatic carbocycles. The van der Waals surface area contributed by atoms with Crippen LogP contribution in [0.4, 0.5) is 13.2 Å². The Kier molecular flexibility index (Phi) is 2.92. The van der Waals surface area contributed by atoms with Crippen LogP contribution in [-0.4, -0.2) is 10.2 Å². The summed E-state index contributed by atoms with van der Waals surface area (Å²) < 4.78 is 37.7. The third kappa shape index (κ3) is 1.69. The van der Waals surface area contributed by atoms with Crippen LogP contribution in [0.25, 0.3) is 0 Å². The Morgan fingerprint density at radius 2 is 1.75 bits per heavy atom. The average Bonchev–Trinajstić information content (AvgIpc) is 2.07. The van der Waals surface area contributed by atoms with Crippen molar-refractivity contribution in [3.63, 3.8) is 0 Å². The van der Waals surface area contributed by atoms with Gasteiger partial charge in [-0.1, -0.05) is 12.1 Å². The topological polar surface area (TPSA) is 0 Å². The molecule has 0 fully saturated rings. The number of rotatable bonds is 2. The van der Waals surface area contributed by atoms with Crippen LogP contribution in [0.2, 0.25) is 6.04 Å². The molecule has 0 saturated carbocycles. The molecule has 0 N–H and O–H groups in total. The van der Waals surface area contributed by atoms with Crippen LogP contribution in [0.5, 0.6) is 0 Å². The van der Waals surface area contributed by atoms with Crippen molar-refractivity contribution in [2.75, 3.05) is 0 Å². The highest BCUT2D eigenvalue weighted by Crippen LogP contribution is 2.15. The first-order chi connectivity index (χ1) is 5.66. The number of benzene rings is 1. The fourth-order valence-corrected chi connectivity index (χ4v) is 1.16. The Bertz CT molecular complexity index is 286. The van der Waals surface area contributed by atoms with Gasteiger partial charge in [0.15, 0.2) is 17.5 Å². The van der Waals surface area contributed by atoms with Crippen molar-refractivity contribution in [1.29, 1.82) is 0 Å². The molecule has 0 amide bonds. The van der Waals surface area contributed by atoms with Gasteiger partial charge in [0.25, 0.3) is 0 Å². The van der Waals surface area contributed by atoms with Gasteiger partial charge in [0.05, 0.1) is 0 Å². The van der Waals surface area contributed by atoms with E-state index in [9.17, 15) is 13.2 Å². The fraction of sp³-hybridized carbons (Fsp3) is 0.250. The molecule has 0 unspecified atom stereocenters. The molecule has 0 heterocycles. The average molecular weight is 187 g/mol. The van der Waals surface area contributed by atoms with Gasteiger partial charge in [-0.3, -0.25) is 0 Å². The van der Waals surface area contributed by atoms with Crippen molar-refractivity contribution in [3.8, 4) is 0 Å². The molecular formula is C8H6F3Si. The van der Waals surface area contributed by atoms with E-state index < -0.39 is 17.5 Å². The van der Waals surface area contributed by atoms with Gasteiger partial charge in [-0.05, 0) is 18.1 Å². The molecule has 4 heteroatoms. The van der Waals surface area contributed by atoms with E-state index in [4.69, 9.17) is 0 Å². The third-order valence-corrected chi connectivity index (χ3v) is 1.76. The van der Waals surface area contributed by atoms with Gasteiger partial charge in [0.2, 0.25) is 0 Å². The molecule has 0 nitrogen and oxygen atoms in total. The summed E-state index contributed by atoms with van der Waals surface area (Å²) in [5.41, 5.74) is 0.184. The van der Waals surface area contributed by atoms with E-state index in [0.29, 0.717) is 12.5 Å². The van der Waals surface area contributed by atoms with E-state index >= 15 is 0 Å². The molecule has 0 aromatic heterocycles. The first kappa shape index (κ1) is 9.32. The lowest BCUT2D eigenvalue weighted by atomic mass is 10.1. The van der Waals surface area contributed by atoms with Gasteiger partial charge in [0, 0.05) is 10.2 Å². The Morgan fingerprint density at radius 1 is 1.08 bits per heavy atom. The van der Waals surface area contributed by atoms with Gasteiger partial charge in [-0.15, -0.1) is 0 Å². The van der Waals surface area contributed by atoms with Gasteiger partial charge < -0.3 is 0 Å². The van der Waals surface area contributed by atoms with Crippen molar-refractivity contribution in [2.45, 2.75) is 12.5 Å². The Labute approximate surface area is 71.8 Å². The second kappa shape index (κ2) is 3.76. The maximum atomic E-state index is 12.8. The zero-order valence-corrected chi connectivity index (χ0v) is 7.20. The van der Waals surface area contributed by atoms with Crippen LogP contribution in [-0.2, 0) is 6.42 Å². The quantitative estimate of drug-likeness (QED) is 0.492. The summed E-state index contributed by atoms with van der Waals surface area (Å²) in [5.74, 6) is -3.63. The number of hydrogen-bond acceptors (Lipinski definition) is 0. The van der Waals surface area contributed by atoms with E-state index in [2.05, 4.69) is 10.2 Å². The Hall–Kier alpha value is -0.773. The van der Waals surface area contributed by atoms with E-state index in [-0.39, 0.29) is 5.56 Å². The molecule has 63 valence electrons. The number of aryl methyl sites for hydroxylation is 1. The zero-order chi connectivity index (χ0) is 9.14. The van der Waals surface area contributed by atoms with Crippen LogP contribution >= 0.6 is 0 Å².